The Kier molecular flexibility index (Phi) is 6.17. The maximum absolute atomic E-state index is 9.97. The summed E-state index contributed by atoms with van der Waals surface area (Å²) in [6, 6.07) is 9.14. The molecule has 0 saturated heterocycles. The lowest BCUT2D eigenvalue weighted by Gasteiger charge is -2.15. The number of hydrogen-bond donors (Lipinski definition) is 1. The summed E-state index contributed by atoms with van der Waals surface area (Å²) in [5.74, 6) is 2.33. The minimum absolute atomic E-state index is 0.108. The summed E-state index contributed by atoms with van der Waals surface area (Å²) >= 11 is 0. The first-order valence-corrected chi connectivity index (χ1v) is 7.95. The van der Waals surface area contributed by atoms with Gasteiger partial charge in [0.1, 0.15) is 0 Å². The van der Waals surface area contributed by atoms with E-state index in [1.54, 1.807) is 33.5 Å². The molecular weight excluding hydrogens is 320 g/mol. The fourth-order valence-corrected chi connectivity index (χ4v) is 2.65. The van der Waals surface area contributed by atoms with Crippen molar-refractivity contribution in [3.8, 4) is 28.7 Å². The van der Waals surface area contributed by atoms with E-state index in [4.69, 9.17) is 18.9 Å². The van der Waals surface area contributed by atoms with Gasteiger partial charge in [-0.25, -0.2) is 0 Å². The molecule has 0 spiro atoms. The summed E-state index contributed by atoms with van der Waals surface area (Å²) in [5.41, 5.74) is 2.92. The summed E-state index contributed by atoms with van der Waals surface area (Å²) in [6.07, 6.45) is 2.81. The topological polar surface area (TPSA) is 57.2 Å². The van der Waals surface area contributed by atoms with Gasteiger partial charge in [0, 0.05) is 0 Å². The molecule has 0 bridgehead atoms. The van der Waals surface area contributed by atoms with E-state index in [0.29, 0.717) is 23.0 Å². The quantitative estimate of drug-likeness (QED) is 0.756. The Morgan fingerprint density at radius 2 is 1.48 bits per heavy atom. The zero-order valence-electron chi connectivity index (χ0n) is 15.3. The van der Waals surface area contributed by atoms with E-state index in [2.05, 4.69) is 6.92 Å². The lowest BCUT2D eigenvalue weighted by atomic mass is 9.99. The van der Waals surface area contributed by atoms with Crippen LogP contribution in [0.5, 0.6) is 28.7 Å². The van der Waals surface area contributed by atoms with Gasteiger partial charge >= 0.3 is 0 Å². The molecule has 134 valence electrons. The molecule has 0 saturated carbocycles. The number of phenols is 1. The number of aromatic hydroxyl groups is 1. The van der Waals surface area contributed by atoms with Gasteiger partial charge in [0.05, 0.1) is 28.4 Å². The van der Waals surface area contributed by atoms with Crippen LogP contribution in [0.25, 0.3) is 11.6 Å². The van der Waals surface area contributed by atoms with Gasteiger partial charge in [-0.3, -0.25) is 0 Å². The van der Waals surface area contributed by atoms with Gasteiger partial charge in [-0.1, -0.05) is 19.1 Å². The van der Waals surface area contributed by atoms with Crippen molar-refractivity contribution in [3.63, 3.8) is 0 Å². The molecule has 25 heavy (non-hydrogen) atoms. The van der Waals surface area contributed by atoms with E-state index < -0.39 is 0 Å². The van der Waals surface area contributed by atoms with Crippen molar-refractivity contribution in [1.82, 2.24) is 0 Å². The second kappa shape index (κ2) is 8.33. The molecule has 0 aliphatic heterocycles. The van der Waals surface area contributed by atoms with Crippen LogP contribution in [0, 0.1) is 0 Å². The van der Waals surface area contributed by atoms with Crippen molar-refractivity contribution in [1.29, 1.82) is 0 Å². The van der Waals surface area contributed by atoms with E-state index in [1.165, 1.54) is 7.11 Å². The minimum atomic E-state index is 0.108. The van der Waals surface area contributed by atoms with Crippen LogP contribution in [-0.4, -0.2) is 33.5 Å². The normalized spacial score (nSPS) is 11.2. The molecule has 5 nitrogen and oxygen atoms in total. The highest BCUT2D eigenvalue weighted by atomic mass is 16.5. The molecule has 0 unspecified atom stereocenters. The van der Waals surface area contributed by atoms with Gasteiger partial charge in [-0.15, -0.1) is 0 Å². The zero-order chi connectivity index (χ0) is 18.4. The first kappa shape index (κ1) is 18.5. The molecule has 0 aliphatic rings. The largest absolute Gasteiger partial charge is 0.504 e. The van der Waals surface area contributed by atoms with Gasteiger partial charge in [0.25, 0.3) is 0 Å². The lowest BCUT2D eigenvalue weighted by molar-refractivity contribution is 0.324. The van der Waals surface area contributed by atoms with Crippen molar-refractivity contribution in [3.05, 3.63) is 41.5 Å². The van der Waals surface area contributed by atoms with Gasteiger partial charge < -0.3 is 24.1 Å². The van der Waals surface area contributed by atoms with Crippen molar-refractivity contribution >= 4 is 11.6 Å². The van der Waals surface area contributed by atoms with Crippen molar-refractivity contribution in [2.75, 3.05) is 28.4 Å². The standard InChI is InChI=1S/C20H24O5/c1-6-14(9-13-7-8-17(22-2)16(21)10-13)15-11-18(23-3)20(25-5)19(12-15)24-4/h7-12,21H,6H2,1-5H3/b14-9+. The average Bonchev–Trinajstić information content (AvgIpc) is 2.64. The average molecular weight is 344 g/mol. The molecular formula is C20H24O5. The monoisotopic (exact) mass is 344 g/mol. The highest BCUT2D eigenvalue weighted by molar-refractivity contribution is 5.83. The Labute approximate surface area is 148 Å². The fourth-order valence-electron chi connectivity index (χ4n) is 2.65. The van der Waals surface area contributed by atoms with Crippen LogP contribution in [0.2, 0.25) is 0 Å². The summed E-state index contributed by atoms with van der Waals surface area (Å²) in [6.45, 7) is 2.07. The molecule has 2 aromatic carbocycles. The molecule has 2 rings (SSSR count). The molecule has 5 heteroatoms. The number of rotatable bonds is 7. The molecule has 0 radical (unpaired) electrons. The van der Waals surface area contributed by atoms with Gasteiger partial charge in [0.2, 0.25) is 5.75 Å². The molecule has 0 aromatic heterocycles. The van der Waals surface area contributed by atoms with E-state index in [9.17, 15) is 5.11 Å². The number of hydrogen-bond acceptors (Lipinski definition) is 5. The number of allylic oxidation sites excluding steroid dienone is 1. The van der Waals surface area contributed by atoms with Crippen LogP contribution in [0.15, 0.2) is 30.3 Å². The molecule has 0 atom stereocenters. The molecule has 0 aliphatic carbocycles. The van der Waals surface area contributed by atoms with E-state index in [-0.39, 0.29) is 5.75 Å². The Hall–Kier alpha value is -2.82. The number of methoxy groups -OCH3 is 4. The van der Waals surface area contributed by atoms with E-state index in [1.807, 2.05) is 24.3 Å². The van der Waals surface area contributed by atoms with Gasteiger partial charge in [-0.05, 0) is 47.4 Å². The lowest BCUT2D eigenvalue weighted by Crippen LogP contribution is -1.97. The smallest absolute Gasteiger partial charge is 0.203 e. The van der Waals surface area contributed by atoms with Crippen LogP contribution in [-0.2, 0) is 0 Å². The maximum Gasteiger partial charge on any atom is 0.203 e. The first-order chi connectivity index (χ1) is 12.1. The predicted molar refractivity (Wildman–Crippen MR) is 98.9 cm³/mol. The Bertz CT molecular complexity index is 740. The minimum Gasteiger partial charge on any atom is -0.504 e. The van der Waals surface area contributed by atoms with Crippen molar-refractivity contribution < 1.29 is 24.1 Å². The van der Waals surface area contributed by atoms with Crippen molar-refractivity contribution in [2.24, 2.45) is 0 Å². The van der Waals surface area contributed by atoms with Crippen LogP contribution in [0.4, 0.5) is 0 Å². The maximum atomic E-state index is 9.97. The van der Waals surface area contributed by atoms with Crippen LogP contribution in [0.1, 0.15) is 24.5 Å². The van der Waals surface area contributed by atoms with Gasteiger partial charge in [-0.2, -0.15) is 0 Å². The Balaban J connectivity index is 2.51. The van der Waals surface area contributed by atoms with Crippen molar-refractivity contribution in [2.45, 2.75) is 13.3 Å². The van der Waals surface area contributed by atoms with Crippen LogP contribution < -0.4 is 18.9 Å². The third kappa shape index (κ3) is 3.99. The SMILES string of the molecule is CC/C(=C\c1ccc(OC)c(O)c1)c1cc(OC)c(OC)c(OC)c1. The van der Waals surface area contributed by atoms with Crippen LogP contribution >= 0.6 is 0 Å². The third-order valence-corrected chi connectivity index (χ3v) is 3.96. The third-order valence-electron chi connectivity index (χ3n) is 3.96. The first-order valence-electron chi connectivity index (χ1n) is 7.95. The molecule has 0 amide bonds. The van der Waals surface area contributed by atoms with E-state index >= 15 is 0 Å². The number of phenolic OH excluding ortho intramolecular Hbond substituents is 1. The Morgan fingerprint density at radius 1 is 0.880 bits per heavy atom. The summed E-state index contributed by atoms with van der Waals surface area (Å²) in [4.78, 5) is 0. The molecule has 0 heterocycles. The molecule has 1 N–H and O–H groups in total. The predicted octanol–water partition coefficient (Wildman–Crippen LogP) is 4.38. The number of benzene rings is 2. The fraction of sp³-hybridized carbons (Fsp3) is 0.300. The highest BCUT2D eigenvalue weighted by Gasteiger charge is 2.15. The molecule has 2 aromatic rings. The molecule has 0 fully saturated rings. The van der Waals surface area contributed by atoms with Gasteiger partial charge in [0.15, 0.2) is 23.0 Å². The van der Waals surface area contributed by atoms with Crippen LogP contribution in [0.3, 0.4) is 0 Å². The second-order valence-corrected chi connectivity index (χ2v) is 5.37. The summed E-state index contributed by atoms with van der Waals surface area (Å²) in [5, 5.41) is 9.97. The highest BCUT2D eigenvalue weighted by Crippen LogP contribution is 2.41. The second-order valence-electron chi connectivity index (χ2n) is 5.37. The summed E-state index contributed by atoms with van der Waals surface area (Å²) < 4.78 is 21.3. The number of ether oxygens (including phenoxy) is 4. The zero-order valence-corrected chi connectivity index (χ0v) is 15.3. The Morgan fingerprint density at radius 3 is 1.92 bits per heavy atom. The summed E-state index contributed by atoms with van der Waals surface area (Å²) in [7, 11) is 6.30. The van der Waals surface area contributed by atoms with E-state index in [0.717, 1.165) is 23.1 Å².